The number of rotatable bonds is 10. The second-order valence-corrected chi connectivity index (χ2v) is 9.24. The van der Waals surface area contributed by atoms with Crippen molar-refractivity contribution < 1.29 is 19.0 Å². The molecule has 0 saturated carbocycles. The molecule has 2 aromatic heterocycles. The third-order valence-electron chi connectivity index (χ3n) is 6.28. The Morgan fingerprint density at radius 2 is 1.95 bits per heavy atom. The van der Waals surface area contributed by atoms with Gasteiger partial charge in [0.2, 0.25) is 0 Å². The minimum Gasteiger partial charge on any atom is -0.497 e. The molecule has 0 atom stereocenters. The maximum Gasteiger partial charge on any atom is 0.338 e. The van der Waals surface area contributed by atoms with E-state index in [1.165, 1.54) is 13.4 Å². The molecule has 1 N–H and O–H groups in total. The Kier molecular flexibility index (Phi) is 8.43. The molecule has 0 amide bonds. The minimum absolute atomic E-state index is 0.0232. The lowest BCUT2D eigenvalue weighted by Gasteiger charge is -2.15. The Morgan fingerprint density at radius 1 is 1.15 bits per heavy atom. The lowest BCUT2D eigenvalue weighted by atomic mass is 9.97. The number of anilines is 1. The van der Waals surface area contributed by atoms with Crippen LogP contribution in [0.1, 0.15) is 41.5 Å². The van der Waals surface area contributed by atoms with Crippen molar-refractivity contribution in [2.24, 2.45) is 5.11 Å². The zero-order valence-electron chi connectivity index (χ0n) is 22.2. The first kappa shape index (κ1) is 27.6. The van der Waals surface area contributed by atoms with Crippen LogP contribution in [0.25, 0.3) is 32.6 Å². The van der Waals surface area contributed by atoms with E-state index in [4.69, 9.17) is 31.3 Å². The van der Waals surface area contributed by atoms with Gasteiger partial charge in [0.25, 0.3) is 0 Å². The monoisotopic (exact) mass is 549 g/mol. The van der Waals surface area contributed by atoms with Crippen LogP contribution in [-0.4, -0.2) is 41.8 Å². The van der Waals surface area contributed by atoms with Crippen LogP contribution in [-0.2, 0) is 17.8 Å². The molecule has 4 aromatic rings. The molecule has 0 aliphatic heterocycles. The van der Waals surface area contributed by atoms with Gasteiger partial charge in [-0.05, 0) is 49.2 Å². The number of nitrogens with one attached hydrogen (secondary N) is 1. The molecule has 0 saturated heterocycles. The zero-order valence-corrected chi connectivity index (χ0v) is 23.0. The van der Waals surface area contributed by atoms with E-state index in [0.717, 1.165) is 5.56 Å². The van der Waals surface area contributed by atoms with Gasteiger partial charge in [-0.3, -0.25) is 0 Å². The number of ether oxygens (including phenoxy) is 3. The van der Waals surface area contributed by atoms with Crippen molar-refractivity contribution in [1.29, 1.82) is 0 Å². The summed E-state index contributed by atoms with van der Waals surface area (Å²) in [7, 11) is 4.50. The summed E-state index contributed by atoms with van der Waals surface area (Å²) in [4.78, 5) is 25.0. The highest BCUT2D eigenvalue weighted by Gasteiger charge is 2.27. The number of halogens is 1. The molecule has 2 aromatic carbocycles. The molecule has 0 aliphatic carbocycles. The molecule has 202 valence electrons. The van der Waals surface area contributed by atoms with Gasteiger partial charge < -0.3 is 24.1 Å². The Balaban J connectivity index is 1.99. The third kappa shape index (κ3) is 5.41. The van der Waals surface area contributed by atoms with Gasteiger partial charge in [0.15, 0.2) is 0 Å². The Labute approximate surface area is 230 Å². The van der Waals surface area contributed by atoms with Crippen molar-refractivity contribution in [3.8, 4) is 22.6 Å². The number of methoxy groups -OCH3 is 3. The zero-order chi connectivity index (χ0) is 28.1. The first-order chi connectivity index (χ1) is 18.8. The number of hydrogen-bond acceptors (Lipinski definition) is 8. The molecule has 0 fully saturated rings. The van der Waals surface area contributed by atoms with Gasteiger partial charge in [-0.1, -0.05) is 22.8 Å². The van der Waals surface area contributed by atoms with Crippen LogP contribution in [0.4, 0.5) is 5.82 Å². The van der Waals surface area contributed by atoms with Crippen LogP contribution in [0, 0.1) is 0 Å². The average molecular weight is 550 g/mol. The summed E-state index contributed by atoms with van der Waals surface area (Å²) in [6.07, 6.45) is 1.47. The summed E-state index contributed by atoms with van der Waals surface area (Å²) in [5, 5.41) is 8.31. The maximum absolute atomic E-state index is 12.8. The van der Waals surface area contributed by atoms with Gasteiger partial charge in [0.05, 0.1) is 38.8 Å². The fourth-order valence-corrected chi connectivity index (χ4v) is 4.78. The summed E-state index contributed by atoms with van der Waals surface area (Å²) in [5.41, 5.74) is 12.8. The Hall–Kier alpha value is -4.47. The normalized spacial score (nSPS) is 10.8. The standard InChI is InChI=1S/C27H28ClN7O4/c1-15(2)35-21(13-33-34-29)23(19-9-7-17(28)10-20(19)27(36)39-5)24-25(31-14-32-26(24)35)30-12-16-6-8-18(37-3)11-22(16)38-4/h6-11,14-15H,12-13H2,1-5H3,(H,30,31,32). The molecule has 4 rings (SSSR count). The summed E-state index contributed by atoms with van der Waals surface area (Å²) in [6, 6.07) is 10.5. The van der Waals surface area contributed by atoms with Crippen LogP contribution >= 0.6 is 11.6 Å². The number of carbonyl (C=O) groups excluding carboxylic acids is 1. The molecule has 0 unspecified atom stereocenters. The first-order valence-corrected chi connectivity index (χ1v) is 12.4. The van der Waals surface area contributed by atoms with Gasteiger partial charge in [0, 0.05) is 45.4 Å². The Morgan fingerprint density at radius 3 is 2.62 bits per heavy atom. The number of benzene rings is 2. The number of carbonyl (C=O) groups is 1. The topological polar surface area (TPSA) is 136 Å². The number of aromatic nitrogens is 3. The van der Waals surface area contributed by atoms with Gasteiger partial charge in [-0.25, -0.2) is 14.8 Å². The second kappa shape index (κ2) is 11.9. The number of nitrogens with zero attached hydrogens (tertiary/aromatic N) is 6. The first-order valence-electron chi connectivity index (χ1n) is 12.1. The smallest absolute Gasteiger partial charge is 0.338 e. The lowest BCUT2D eigenvalue weighted by Crippen LogP contribution is -2.08. The van der Waals surface area contributed by atoms with Crippen molar-refractivity contribution in [2.75, 3.05) is 26.6 Å². The molecule has 0 spiro atoms. The van der Waals surface area contributed by atoms with Crippen LogP contribution in [0.15, 0.2) is 47.8 Å². The number of azide groups is 1. The van der Waals surface area contributed by atoms with E-state index in [2.05, 4.69) is 25.3 Å². The van der Waals surface area contributed by atoms with Crippen molar-refractivity contribution >= 4 is 34.4 Å². The van der Waals surface area contributed by atoms with Crippen LogP contribution in [0.2, 0.25) is 5.02 Å². The molecular formula is C27H28ClN7O4. The van der Waals surface area contributed by atoms with Gasteiger partial charge in [-0.2, -0.15) is 0 Å². The van der Waals surface area contributed by atoms with Crippen molar-refractivity contribution in [1.82, 2.24) is 14.5 Å². The van der Waals surface area contributed by atoms with Crippen LogP contribution < -0.4 is 14.8 Å². The number of fused-ring (bicyclic) bond motifs is 1. The highest BCUT2D eigenvalue weighted by Crippen LogP contribution is 2.42. The fourth-order valence-electron chi connectivity index (χ4n) is 4.61. The predicted molar refractivity (Wildman–Crippen MR) is 149 cm³/mol. The van der Waals surface area contributed by atoms with E-state index in [0.29, 0.717) is 56.7 Å². The number of hydrogen-bond donors (Lipinski definition) is 1. The highest BCUT2D eigenvalue weighted by molar-refractivity contribution is 6.31. The quantitative estimate of drug-likeness (QED) is 0.102. The summed E-state index contributed by atoms with van der Waals surface area (Å²) in [5.74, 6) is 1.31. The minimum atomic E-state index is -0.554. The van der Waals surface area contributed by atoms with E-state index in [-0.39, 0.29) is 18.2 Å². The molecule has 39 heavy (non-hydrogen) atoms. The van der Waals surface area contributed by atoms with E-state index >= 15 is 0 Å². The molecule has 11 nitrogen and oxygen atoms in total. The van der Waals surface area contributed by atoms with E-state index in [1.54, 1.807) is 32.4 Å². The fraction of sp³-hybridized carbons (Fsp3) is 0.296. The van der Waals surface area contributed by atoms with Gasteiger partial charge >= 0.3 is 5.97 Å². The molecule has 0 bridgehead atoms. The van der Waals surface area contributed by atoms with Crippen molar-refractivity contribution in [2.45, 2.75) is 33.0 Å². The predicted octanol–water partition coefficient (Wildman–Crippen LogP) is 6.56. The van der Waals surface area contributed by atoms with E-state index in [1.807, 2.05) is 36.6 Å². The van der Waals surface area contributed by atoms with Crippen LogP contribution in [0.5, 0.6) is 11.5 Å². The molecular weight excluding hydrogens is 522 g/mol. The van der Waals surface area contributed by atoms with Crippen LogP contribution in [0.3, 0.4) is 0 Å². The highest BCUT2D eigenvalue weighted by atomic mass is 35.5. The number of esters is 1. The summed E-state index contributed by atoms with van der Waals surface area (Å²) in [6.45, 7) is 4.41. The van der Waals surface area contributed by atoms with Gasteiger partial charge in [0.1, 0.15) is 29.3 Å². The van der Waals surface area contributed by atoms with Crippen molar-refractivity contribution in [3.63, 3.8) is 0 Å². The lowest BCUT2D eigenvalue weighted by molar-refractivity contribution is 0.0601. The van der Waals surface area contributed by atoms with E-state index in [9.17, 15) is 4.79 Å². The average Bonchev–Trinajstić information content (AvgIpc) is 3.29. The molecule has 0 radical (unpaired) electrons. The molecule has 2 heterocycles. The summed E-state index contributed by atoms with van der Waals surface area (Å²) >= 11 is 6.26. The largest absolute Gasteiger partial charge is 0.497 e. The SMILES string of the molecule is COC(=O)c1cc(Cl)ccc1-c1c(CN=[N+]=[N-])n(C(C)C)c2ncnc(NCc3ccc(OC)cc3OC)c12. The van der Waals surface area contributed by atoms with Gasteiger partial charge in [-0.15, -0.1) is 0 Å². The van der Waals surface area contributed by atoms with E-state index < -0.39 is 5.97 Å². The Bertz CT molecular complexity index is 1580. The van der Waals surface area contributed by atoms with Crippen molar-refractivity contribution in [3.05, 3.63) is 75.0 Å². The summed E-state index contributed by atoms with van der Waals surface area (Å²) < 4.78 is 17.9. The second-order valence-electron chi connectivity index (χ2n) is 8.81. The maximum atomic E-state index is 12.8. The molecule has 12 heteroatoms. The third-order valence-corrected chi connectivity index (χ3v) is 6.52. The molecule has 0 aliphatic rings.